The van der Waals surface area contributed by atoms with Crippen LogP contribution in [0.25, 0.3) is 0 Å². The van der Waals surface area contributed by atoms with Crippen molar-refractivity contribution in [2.75, 3.05) is 13.1 Å². The highest BCUT2D eigenvalue weighted by Gasteiger charge is 2.58. The summed E-state index contributed by atoms with van der Waals surface area (Å²) in [5.74, 6) is 0.651. The van der Waals surface area contributed by atoms with Crippen molar-refractivity contribution in [1.82, 2.24) is 5.32 Å². The molecule has 1 aliphatic heterocycles. The van der Waals surface area contributed by atoms with Gasteiger partial charge in [-0.25, -0.2) is 4.39 Å². The molecule has 2 heteroatoms. The monoisotopic (exact) mass is 177 g/mol. The highest BCUT2D eigenvalue weighted by Crippen LogP contribution is 2.56. The van der Waals surface area contributed by atoms with E-state index in [-0.39, 0.29) is 11.2 Å². The van der Waals surface area contributed by atoms with Gasteiger partial charge in [-0.3, -0.25) is 0 Å². The summed E-state index contributed by atoms with van der Waals surface area (Å²) < 4.78 is 13.5. The Labute approximate surface area is 77.0 Å². The van der Waals surface area contributed by atoms with E-state index in [1.54, 1.807) is 12.1 Å². The Morgan fingerprint density at radius 3 is 2.85 bits per heavy atom. The van der Waals surface area contributed by atoms with Crippen molar-refractivity contribution in [1.29, 1.82) is 0 Å². The summed E-state index contributed by atoms with van der Waals surface area (Å²) in [7, 11) is 0. The van der Waals surface area contributed by atoms with Crippen molar-refractivity contribution in [2.45, 2.75) is 11.8 Å². The van der Waals surface area contributed by atoms with Crippen LogP contribution in [-0.2, 0) is 5.41 Å². The normalized spacial score (nSPS) is 35.9. The molecule has 13 heavy (non-hydrogen) atoms. The number of fused-ring (bicyclic) bond motifs is 1. The van der Waals surface area contributed by atoms with Crippen LogP contribution in [-0.4, -0.2) is 13.1 Å². The second-order valence-electron chi connectivity index (χ2n) is 4.17. The molecule has 1 saturated carbocycles. The zero-order valence-electron chi connectivity index (χ0n) is 7.39. The molecule has 0 radical (unpaired) electrons. The zero-order valence-corrected chi connectivity index (χ0v) is 7.39. The first-order chi connectivity index (χ1) is 6.33. The molecule has 1 heterocycles. The van der Waals surface area contributed by atoms with E-state index in [9.17, 15) is 4.39 Å². The fourth-order valence-corrected chi connectivity index (χ4v) is 2.62. The Morgan fingerprint density at radius 1 is 1.38 bits per heavy atom. The molecule has 0 aromatic heterocycles. The lowest BCUT2D eigenvalue weighted by molar-refractivity contribution is 0.569. The van der Waals surface area contributed by atoms with Gasteiger partial charge in [-0.2, -0.15) is 0 Å². The first-order valence-electron chi connectivity index (χ1n) is 4.79. The molecule has 0 amide bonds. The van der Waals surface area contributed by atoms with Gasteiger partial charge >= 0.3 is 0 Å². The van der Waals surface area contributed by atoms with Crippen molar-refractivity contribution >= 4 is 0 Å². The summed E-state index contributed by atoms with van der Waals surface area (Å²) in [5, 5.41) is 3.32. The average Bonchev–Trinajstić information content (AvgIpc) is 2.70. The van der Waals surface area contributed by atoms with Gasteiger partial charge in [0.2, 0.25) is 0 Å². The first-order valence-corrected chi connectivity index (χ1v) is 4.79. The highest BCUT2D eigenvalue weighted by molar-refractivity contribution is 5.37. The standard InChI is InChI=1S/C11H12FN/c12-10-4-2-1-3-9(10)11-5-8(11)6-13-7-11/h1-4,8,13H,5-7H2/t8-,11+/m0/s1. The number of nitrogens with one attached hydrogen (secondary N) is 1. The number of piperidine rings is 1. The Kier molecular flexibility index (Phi) is 1.34. The molecule has 1 saturated heterocycles. The molecule has 2 atom stereocenters. The smallest absolute Gasteiger partial charge is 0.127 e. The molecule has 1 aliphatic carbocycles. The summed E-state index contributed by atoms with van der Waals surface area (Å²) in [6, 6.07) is 7.19. The molecule has 0 spiro atoms. The second kappa shape index (κ2) is 2.32. The predicted octanol–water partition coefficient (Wildman–Crippen LogP) is 1.69. The molecule has 3 rings (SSSR count). The van der Waals surface area contributed by atoms with E-state index in [0.29, 0.717) is 5.92 Å². The molecule has 0 bridgehead atoms. The first kappa shape index (κ1) is 7.51. The third-order valence-corrected chi connectivity index (χ3v) is 3.47. The van der Waals surface area contributed by atoms with Gasteiger partial charge in [-0.05, 0) is 30.5 Å². The highest BCUT2D eigenvalue weighted by atomic mass is 19.1. The van der Waals surface area contributed by atoms with Crippen molar-refractivity contribution in [3.05, 3.63) is 35.6 Å². The van der Waals surface area contributed by atoms with Crippen LogP contribution in [0.4, 0.5) is 4.39 Å². The van der Waals surface area contributed by atoms with Gasteiger partial charge in [0.1, 0.15) is 5.82 Å². The maximum Gasteiger partial charge on any atom is 0.127 e. The van der Waals surface area contributed by atoms with E-state index in [4.69, 9.17) is 0 Å². The second-order valence-corrected chi connectivity index (χ2v) is 4.17. The minimum Gasteiger partial charge on any atom is -0.316 e. The molecule has 2 aliphatic rings. The minimum atomic E-state index is -0.0336. The number of benzene rings is 1. The van der Waals surface area contributed by atoms with Crippen LogP contribution in [0, 0.1) is 11.7 Å². The van der Waals surface area contributed by atoms with E-state index in [2.05, 4.69) is 5.32 Å². The van der Waals surface area contributed by atoms with Crippen LogP contribution in [0.2, 0.25) is 0 Å². The van der Waals surface area contributed by atoms with Crippen LogP contribution in [0.1, 0.15) is 12.0 Å². The van der Waals surface area contributed by atoms with E-state index in [1.165, 1.54) is 6.42 Å². The van der Waals surface area contributed by atoms with Crippen LogP contribution in [0.3, 0.4) is 0 Å². The van der Waals surface area contributed by atoms with Gasteiger partial charge in [0.25, 0.3) is 0 Å². The molecule has 2 fully saturated rings. The fraction of sp³-hybridized carbons (Fsp3) is 0.455. The quantitative estimate of drug-likeness (QED) is 0.688. The summed E-state index contributed by atoms with van der Waals surface area (Å²) in [6.45, 7) is 2.02. The molecule has 1 aromatic carbocycles. The van der Waals surface area contributed by atoms with E-state index in [0.717, 1.165) is 18.7 Å². The lowest BCUT2D eigenvalue weighted by Gasteiger charge is -2.12. The summed E-state index contributed by atoms with van der Waals surface area (Å²) >= 11 is 0. The third kappa shape index (κ3) is 0.894. The van der Waals surface area contributed by atoms with Crippen LogP contribution >= 0.6 is 0 Å². The lowest BCUT2D eigenvalue weighted by Crippen LogP contribution is -2.20. The van der Waals surface area contributed by atoms with E-state index in [1.807, 2.05) is 12.1 Å². The lowest BCUT2D eigenvalue weighted by atomic mass is 9.95. The maximum atomic E-state index is 13.5. The Balaban J connectivity index is 2.06. The Hall–Kier alpha value is -0.890. The third-order valence-electron chi connectivity index (χ3n) is 3.47. The minimum absolute atomic E-state index is 0.0336. The summed E-state index contributed by atoms with van der Waals surface area (Å²) in [5.41, 5.74) is 1.08. The average molecular weight is 177 g/mol. The SMILES string of the molecule is Fc1ccccc1[C@]12CNC[C@@H]1C2. The number of halogens is 1. The van der Waals surface area contributed by atoms with Gasteiger partial charge in [0.15, 0.2) is 0 Å². The summed E-state index contributed by atoms with van der Waals surface area (Å²) in [6.07, 6.45) is 1.17. The van der Waals surface area contributed by atoms with Crippen LogP contribution < -0.4 is 5.32 Å². The van der Waals surface area contributed by atoms with Crippen molar-refractivity contribution < 1.29 is 4.39 Å². The molecular formula is C11H12FN. The zero-order chi connectivity index (χ0) is 8.89. The number of rotatable bonds is 1. The van der Waals surface area contributed by atoms with E-state index < -0.39 is 0 Å². The number of hydrogen-bond donors (Lipinski definition) is 1. The molecule has 1 aromatic rings. The molecule has 68 valence electrons. The van der Waals surface area contributed by atoms with Gasteiger partial charge in [-0.15, -0.1) is 0 Å². The molecule has 1 N–H and O–H groups in total. The van der Waals surface area contributed by atoms with Crippen molar-refractivity contribution in [2.24, 2.45) is 5.92 Å². The molecule has 1 nitrogen and oxygen atoms in total. The van der Waals surface area contributed by atoms with Gasteiger partial charge < -0.3 is 5.32 Å². The van der Waals surface area contributed by atoms with Crippen LogP contribution in [0.15, 0.2) is 24.3 Å². The number of hydrogen-bond acceptors (Lipinski definition) is 1. The topological polar surface area (TPSA) is 12.0 Å². The predicted molar refractivity (Wildman–Crippen MR) is 49.1 cm³/mol. The molecule has 0 unspecified atom stereocenters. The maximum absolute atomic E-state index is 13.5. The van der Waals surface area contributed by atoms with Crippen molar-refractivity contribution in [3.63, 3.8) is 0 Å². The summed E-state index contributed by atoms with van der Waals surface area (Å²) in [4.78, 5) is 0. The Bertz CT molecular complexity index is 350. The Morgan fingerprint density at radius 2 is 2.23 bits per heavy atom. The van der Waals surface area contributed by atoms with Crippen LogP contribution in [0.5, 0.6) is 0 Å². The van der Waals surface area contributed by atoms with Crippen molar-refractivity contribution in [3.8, 4) is 0 Å². The van der Waals surface area contributed by atoms with Gasteiger partial charge in [0.05, 0.1) is 0 Å². The molecular weight excluding hydrogens is 165 g/mol. The van der Waals surface area contributed by atoms with E-state index >= 15 is 0 Å². The fourth-order valence-electron chi connectivity index (χ4n) is 2.62. The largest absolute Gasteiger partial charge is 0.316 e. The van der Waals surface area contributed by atoms with Gasteiger partial charge in [0, 0.05) is 12.0 Å². The van der Waals surface area contributed by atoms with Gasteiger partial charge in [-0.1, -0.05) is 18.2 Å².